The van der Waals surface area contributed by atoms with Gasteiger partial charge in [-0.15, -0.1) is 9.24 Å². The van der Waals surface area contributed by atoms with Crippen molar-refractivity contribution in [2.45, 2.75) is 18.0 Å². The molecule has 1 aliphatic heterocycles. The summed E-state index contributed by atoms with van der Waals surface area (Å²) in [4.78, 5) is 29.3. The normalized spacial score (nSPS) is 16.0. The maximum Gasteiger partial charge on any atom is 0.256 e. The Balaban J connectivity index is 1.31. The molecule has 1 fully saturated rings. The fraction of sp³-hybridized carbons (Fsp3) is 0.152. The highest BCUT2D eigenvalue weighted by atomic mass is 31.0. The van der Waals surface area contributed by atoms with Gasteiger partial charge in [0.2, 0.25) is 5.91 Å². The van der Waals surface area contributed by atoms with Crippen LogP contribution in [0.5, 0.6) is 0 Å². The first kappa shape index (κ1) is 24.3. The molecule has 1 aliphatic rings. The van der Waals surface area contributed by atoms with E-state index < -0.39 is 5.66 Å². The third-order valence-corrected chi connectivity index (χ3v) is 8.22. The fourth-order valence-electron chi connectivity index (χ4n) is 5.51. The number of nitrogens with one attached hydrogen (secondary N) is 1. The van der Waals surface area contributed by atoms with Gasteiger partial charge in [0.05, 0.1) is 16.9 Å². The highest BCUT2D eigenvalue weighted by Gasteiger charge is 2.30. The lowest BCUT2D eigenvalue weighted by molar-refractivity contribution is -0.115. The van der Waals surface area contributed by atoms with Crippen LogP contribution in [0.3, 0.4) is 0 Å². The molecule has 0 spiro atoms. The van der Waals surface area contributed by atoms with Crippen LogP contribution < -0.4 is 5.32 Å². The van der Waals surface area contributed by atoms with Crippen LogP contribution in [0.15, 0.2) is 109 Å². The lowest BCUT2D eigenvalue weighted by Crippen LogP contribution is -2.30. The van der Waals surface area contributed by atoms with E-state index in [0.29, 0.717) is 30.3 Å². The number of rotatable bonds is 5. The average molecular weight is 517 g/mol. The maximum absolute atomic E-state index is 13.9. The van der Waals surface area contributed by atoms with E-state index >= 15 is 0 Å². The van der Waals surface area contributed by atoms with Crippen LogP contribution in [0.4, 0.5) is 5.69 Å². The second-order valence-corrected chi connectivity index (χ2v) is 10.6. The van der Waals surface area contributed by atoms with E-state index in [-0.39, 0.29) is 11.8 Å². The molecule has 38 heavy (non-hydrogen) atoms. The molecule has 0 bridgehead atoms. The van der Waals surface area contributed by atoms with E-state index in [0.717, 1.165) is 33.5 Å². The molecule has 5 heteroatoms. The number of likely N-dealkylation sites (tertiary alicyclic amines) is 1. The number of hydrogen-bond acceptors (Lipinski definition) is 2. The van der Waals surface area contributed by atoms with Crippen molar-refractivity contribution >= 4 is 48.3 Å². The minimum Gasteiger partial charge on any atom is -0.338 e. The number of fused-ring (bicyclic) bond motifs is 2. The standard InChI is InChI=1S/C33H29N2O2P/c36-32(31(38)28-16-8-14-23-11-6-7-15-27(23)28)34-30-20-25-13-5-4-12-24(25)19-29(30)33(37)35-18-17-26(21-35)22-9-2-1-3-10-22/h1-16,19-20,26,31H,17-18,21,38H2,(H,34,36). The highest BCUT2D eigenvalue weighted by molar-refractivity contribution is 7.19. The summed E-state index contributed by atoms with van der Waals surface area (Å²) >= 11 is 0. The summed E-state index contributed by atoms with van der Waals surface area (Å²) in [5.41, 5.74) is 2.81. The quantitative estimate of drug-likeness (QED) is 0.252. The minimum atomic E-state index is -0.468. The number of hydrogen-bond donors (Lipinski definition) is 1. The molecule has 4 nitrogen and oxygen atoms in total. The Hall–Kier alpha value is -4.01. The van der Waals surface area contributed by atoms with Gasteiger partial charge in [0.25, 0.3) is 5.91 Å². The molecule has 0 aliphatic carbocycles. The first-order valence-corrected chi connectivity index (χ1v) is 13.7. The monoisotopic (exact) mass is 516 g/mol. The molecule has 0 radical (unpaired) electrons. The van der Waals surface area contributed by atoms with Gasteiger partial charge in [-0.2, -0.15) is 0 Å². The van der Waals surface area contributed by atoms with E-state index in [1.807, 2.05) is 102 Å². The van der Waals surface area contributed by atoms with Crippen LogP contribution in [0.2, 0.25) is 0 Å². The molecule has 1 heterocycles. The SMILES string of the molecule is O=C(Nc1cc2ccccc2cc1C(=O)N1CCC(c2ccccc2)C1)C(P)c1cccc2ccccc12. The smallest absolute Gasteiger partial charge is 0.256 e. The van der Waals surface area contributed by atoms with Crippen molar-refractivity contribution in [3.8, 4) is 0 Å². The Morgan fingerprint density at radius 3 is 2.24 bits per heavy atom. The fourth-order valence-corrected chi connectivity index (χ4v) is 5.88. The van der Waals surface area contributed by atoms with E-state index in [2.05, 4.69) is 26.7 Å². The van der Waals surface area contributed by atoms with E-state index in [1.165, 1.54) is 5.56 Å². The van der Waals surface area contributed by atoms with Crippen molar-refractivity contribution in [3.63, 3.8) is 0 Å². The van der Waals surface area contributed by atoms with E-state index in [9.17, 15) is 9.59 Å². The molecule has 5 aromatic rings. The van der Waals surface area contributed by atoms with Gasteiger partial charge in [-0.25, -0.2) is 0 Å². The maximum atomic E-state index is 13.9. The zero-order valence-electron chi connectivity index (χ0n) is 21.0. The molecule has 188 valence electrons. The first-order chi connectivity index (χ1) is 18.6. The molecule has 3 atom stereocenters. The van der Waals surface area contributed by atoms with Gasteiger partial charge in [-0.05, 0) is 51.2 Å². The van der Waals surface area contributed by atoms with Crippen molar-refractivity contribution in [1.29, 1.82) is 0 Å². The Morgan fingerprint density at radius 2 is 1.45 bits per heavy atom. The van der Waals surface area contributed by atoms with Crippen molar-refractivity contribution in [2.75, 3.05) is 18.4 Å². The zero-order valence-corrected chi connectivity index (χ0v) is 22.2. The van der Waals surface area contributed by atoms with E-state index in [4.69, 9.17) is 0 Å². The van der Waals surface area contributed by atoms with Gasteiger partial charge >= 0.3 is 0 Å². The molecule has 1 saturated heterocycles. The number of carbonyl (C=O) groups excluding carboxylic acids is 2. The molecule has 6 rings (SSSR count). The van der Waals surface area contributed by atoms with Gasteiger partial charge in [0.15, 0.2) is 0 Å². The molecule has 0 aromatic heterocycles. The second-order valence-electron chi connectivity index (χ2n) is 9.93. The molecule has 5 aromatic carbocycles. The van der Waals surface area contributed by atoms with Gasteiger partial charge in [0, 0.05) is 19.0 Å². The van der Waals surface area contributed by atoms with Crippen LogP contribution in [0.1, 0.15) is 39.5 Å². The highest BCUT2D eigenvalue weighted by Crippen LogP contribution is 2.34. The molecule has 1 N–H and O–H groups in total. The van der Waals surface area contributed by atoms with Gasteiger partial charge in [0.1, 0.15) is 0 Å². The van der Waals surface area contributed by atoms with Crippen LogP contribution in [0.25, 0.3) is 21.5 Å². The zero-order chi connectivity index (χ0) is 26.1. The van der Waals surface area contributed by atoms with Crippen molar-refractivity contribution < 1.29 is 9.59 Å². The van der Waals surface area contributed by atoms with E-state index in [1.54, 1.807) is 0 Å². The lowest BCUT2D eigenvalue weighted by Gasteiger charge is -2.21. The minimum absolute atomic E-state index is 0.0463. The molecular formula is C33H29N2O2P. The van der Waals surface area contributed by atoms with Gasteiger partial charge in [-0.1, -0.05) is 97.1 Å². The predicted molar refractivity (Wildman–Crippen MR) is 159 cm³/mol. The summed E-state index contributed by atoms with van der Waals surface area (Å²) < 4.78 is 0. The topological polar surface area (TPSA) is 49.4 Å². The number of anilines is 1. The van der Waals surface area contributed by atoms with Crippen LogP contribution in [-0.4, -0.2) is 29.8 Å². The number of amides is 2. The Bertz CT molecular complexity index is 1640. The number of carbonyl (C=O) groups is 2. The van der Waals surface area contributed by atoms with Gasteiger partial charge in [-0.3, -0.25) is 9.59 Å². The Morgan fingerprint density at radius 1 is 0.789 bits per heavy atom. The molecule has 2 amide bonds. The largest absolute Gasteiger partial charge is 0.338 e. The average Bonchev–Trinajstić information content (AvgIpc) is 3.47. The predicted octanol–water partition coefficient (Wildman–Crippen LogP) is 7.18. The van der Waals surface area contributed by atoms with Gasteiger partial charge < -0.3 is 10.2 Å². The third kappa shape index (κ3) is 4.68. The van der Waals surface area contributed by atoms with Crippen LogP contribution >= 0.6 is 9.24 Å². The molecule has 0 saturated carbocycles. The number of benzene rings is 5. The van der Waals surface area contributed by atoms with Crippen LogP contribution in [0, 0.1) is 0 Å². The molecular weight excluding hydrogens is 487 g/mol. The van der Waals surface area contributed by atoms with Crippen molar-refractivity contribution in [2.24, 2.45) is 0 Å². The summed E-state index contributed by atoms with van der Waals surface area (Å²) in [6.45, 7) is 1.37. The molecule has 3 unspecified atom stereocenters. The Kier molecular flexibility index (Phi) is 6.66. The summed E-state index contributed by atoms with van der Waals surface area (Å²) in [6.07, 6.45) is 0.930. The Labute approximate surface area is 224 Å². The summed E-state index contributed by atoms with van der Waals surface area (Å²) in [5, 5.41) is 7.20. The summed E-state index contributed by atoms with van der Waals surface area (Å²) in [7, 11) is 2.68. The van der Waals surface area contributed by atoms with Crippen molar-refractivity contribution in [3.05, 3.63) is 126 Å². The number of nitrogens with zero attached hydrogens (tertiary/aromatic N) is 1. The second kappa shape index (κ2) is 10.4. The van der Waals surface area contributed by atoms with Crippen molar-refractivity contribution in [1.82, 2.24) is 4.90 Å². The van der Waals surface area contributed by atoms with Crippen LogP contribution in [-0.2, 0) is 4.79 Å². The third-order valence-electron chi connectivity index (χ3n) is 7.56. The summed E-state index contributed by atoms with van der Waals surface area (Å²) in [6, 6.07) is 36.2. The first-order valence-electron chi connectivity index (χ1n) is 13.0. The lowest BCUT2D eigenvalue weighted by atomic mass is 9.99. The summed E-state index contributed by atoms with van der Waals surface area (Å²) in [5.74, 6) is 0.107.